The monoisotopic (exact) mass is 426 g/mol. The minimum Gasteiger partial charge on any atom is -0.363 e. The van der Waals surface area contributed by atoms with Gasteiger partial charge in [0.25, 0.3) is 0 Å². The van der Waals surface area contributed by atoms with Gasteiger partial charge in [0.2, 0.25) is 5.91 Å². The van der Waals surface area contributed by atoms with E-state index in [2.05, 4.69) is 30.5 Å². The number of fused-ring (bicyclic) bond motifs is 1. The van der Waals surface area contributed by atoms with Crippen LogP contribution in [0.5, 0.6) is 0 Å². The van der Waals surface area contributed by atoms with Crippen molar-refractivity contribution in [3.8, 4) is 0 Å². The maximum atomic E-state index is 14.2. The summed E-state index contributed by atoms with van der Waals surface area (Å²) >= 11 is 0. The number of benzene rings is 1. The van der Waals surface area contributed by atoms with E-state index in [0.29, 0.717) is 29.1 Å². The molecule has 0 unspecified atom stereocenters. The number of aryl methyl sites for hydroxylation is 1. The molecule has 0 aliphatic carbocycles. The SMILES string of the molecule is CC(=O)N[C@@H]1CCN(c2cc3c(N[C@H](C)c4c(F)cccc4F)nc(C)nc3cn2)C1. The molecule has 7 nitrogen and oxygen atoms in total. The standard InChI is InChI=1S/C22H24F2N6O/c1-12(21-17(23)5-4-6-18(21)24)26-22-16-9-20(25-10-19(16)27-13(2)28-22)30-8-7-15(11-30)29-14(3)31/h4-6,9-10,12,15H,7-8,11H2,1-3H3,(H,29,31)(H,26,27,28)/t12-,15-/m1/s1. The summed E-state index contributed by atoms with van der Waals surface area (Å²) in [6.45, 7) is 6.37. The largest absolute Gasteiger partial charge is 0.363 e. The van der Waals surface area contributed by atoms with Crippen molar-refractivity contribution in [3.63, 3.8) is 0 Å². The van der Waals surface area contributed by atoms with Gasteiger partial charge in [-0.15, -0.1) is 0 Å². The molecule has 1 aliphatic heterocycles. The average Bonchev–Trinajstić information content (AvgIpc) is 3.15. The molecular weight excluding hydrogens is 402 g/mol. The molecule has 2 atom stereocenters. The highest BCUT2D eigenvalue weighted by molar-refractivity contribution is 5.90. The van der Waals surface area contributed by atoms with E-state index in [4.69, 9.17) is 0 Å². The van der Waals surface area contributed by atoms with E-state index in [1.165, 1.54) is 25.1 Å². The molecule has 9 heteroatoms. The number of carbonyl (C=O) groups is 1. The first-order chi connectivity index (χ1) is 14.8. The van der Waals surface area contributed by atoms with Crippen LogP contribution in [0.25, 0.3) is 10.9 Å². The van der Waals surface area contributed by atoms with Crippen molar-refractivity contribution in [1.29, 1.82) is 0 Å². The van der Waals surface area contributed by atoms with Crippen LogP contribution < -0.4 is 15.5 Å². The third-order valence-electron chi connectivity index (χ3n) is 5.39. The molecule has 1 saturated heterocycles. The van der Waals surface area contributed by atoms with Gasteiger partial charge >= 0.3 is 0 Å². The van der Waals surface area contributed by atoms with Crippen molar-refractivity contribution in [2.75, 3.05) is 23.3 Å². The summed E-state index contributed by atoms with van der Waals surface area (Å²) in [6, 6.07) is 5.12. The van der Waals surface area contributed by atoms with E-state index in [0.717, 1.165) is 18.8 Å². The smallest absolute Gasteiger partial charge is 0.217 e. The number of nitrogens with one attached hydrogen (secondary N) is 2. The predicted molar refractivity (Wildman–Crippen MR) is 115 cm³/mol. The van der Waals surface area contributed by atoms with E-state index in [1.54, 1.807) is 20.0 Å². The molecule has 1 aromatic carbocycles. The van der Waals surface area contributed by atoms with Crippen LogP contribution in [0.4, 0.5) is 20.4 Å². The van der Waals surface area contributed by atoms with Crippen molar-refractivity contribution in [1.82, 2.24) is 20.3 Å². The first-order valence-corrected chi connectivity index (χ1v) is 10.2. The molecule has 31 heavy (non-hydrogen) atoms. The lowest BCUT2D eigenvalue weighted by atomic mass is 10.1. The quantitative estimate of drug-likeness (QED) is 0.650. The Kier molecular flexibility index (Phi) is 5.67. The summed E-state index contributed by atoms with van der Waals surface area (Å²) in [6.07, 6.45) is 2.50. The summed E-state index contributed by atoms with van der Waals surface area (Å²) in [5.41, 5.74) is 0.594. The molecule has 1 aliphatic rings. The first-order valence-electron chi connectivity index (χ1n) is 10.2. The van der Waals surface area contributed by atoms with Crippen LogP contribution in [0.2, 0.25) is 0 Å². The highest BCUT2D eigenvalue weighted by Crippen LogP contribution is 2.30. The number of pyridine rings is 1. The second-order valence-electron chi connectivity index (χ2n) is 7.81. The van der Waals surface area contributed by atoms with E-state index in [1.807, 2.05) is 6.07 Å². The molecule has 2 aromatic heterocycles. The maximum Gasteiger partial charge on any atom is 0.217 e. The number of carbonyl (C=O) groups excluding carboxylic acids is 1. The normalized spacial score (nSPS) is 17.1. The van der Waals surface area contributed by atoms with Gasteiger partial charge in [0.05, 0.1) is 17.8 Å². The third-order valence-corrected chi connectivity index (χ3v) is 5.39. The number of nitrogens with zero attached hydrogens (tertiary/aromatic N) is 4. The molecule has 3 aromatic rings. The van der Waals surface area contributed by atoms with Gasteiger partial charge in [-0.2, -0.15) is 0 Å². The molecule has 1 fully saturated rings. The van der Waals surface area contributed by atoms with Gasteiger partial charge in [0.15, 0.2) is 0 Å². The van der Waals surface area contributed by atoms with Crippen molar-refractivity contribution in [2.24, 2.45) is 0 Å². The van der Waals surface area contributed by atoms with Crippen LogP contribution in [-0.2, 0) is 4.79 Å². The minimum atomic E-state index is -0.647. The molecule has 4 rings (SSSR count). The number of hydrogen-bond donors (Lipinski definition) is 2. The Morgan fingerprint density at radius 3 is 2.71 bits per heavy atom. The van der Waals surface area contributed by atoms with Gasteiger partial charge in [-0.3, -0.25) is 4.79 Å². The number of amides is 1. The Morgan fingerprint density at radius 1 is 1.26 bits per heavy atom. The van der Waals surface area contributed by atoms with Crippen molar-refractivity contribution in [2.45, 2.75) is 39.3 Å². The van der Waals surface area contributed by atoms with Crippen LogP contribution in [-0.4, -0.2) is 40.0 Å². The Labute approximate surface area is 178 Å². The molecular formula is C22H24F2N6O. The van der Waals surface area contributed by atoms with Gasteiger partial charge in [-0.05, 0) is 38.5 Å². The summed E-state index contributed by atoms with van der Waals surface area (Å²) in [4.78, 5) is 26.9. The van der Waals surface area contributed by atoms with E-state index in [9.17, 15) is 13.6 Å². The number of hydrogen-bond acceptors (Lipinski definition) is 6. The topological polar surface area (TPSA) is 83.0 Å². The van der Waals surface area contributed by atoms with Gasteiger partial charge in [0, 0.05) is 37.0 Å². The Bertz CT molecular complexity index is 1120. The van der Waals surface area contributed by atoms with Crippen molar-refractivity contribution < 1.29 is 13.6 Å². The van der Waals surface area contributed by atoms with E-state index >= 15 is 0 Å². The molecule has 3 heterocycles. The van der Waals surface area contributed by atoms with E-state index < -0.39 is 17.7 Å². The fourth-order valence-corrected chi connectivity index (χ4v) is 4.00. The van der Waals surface area contributed by atoms with Gasteiger partial charge < -0.3 is 15.5 Å². The lowest BCUT2D eigenvalue weighted by Gasteiger charge is -2.20. The van der Waals surface area contributed by atoms with Crippen molar-refractivity contribution >= 4 is 28.4 Å². The van der Waals surface area contributed by atoms with Gasteiger partial charge in [-0.1, -0.05) is 6.07 Å². The average molecular weight is 426 g/mol. The molecule has 1 amide bonds. The molecule has 0 spiro atoms. The molecule has 0 saturated carbocycles. The van der Waals surface area contributed by atoms with Crippen LogP contribution in [0.3, 0.4) is 0 Å². The second kappa shape index (κ2) is 8.41. The van der Waals surface area contributed by atoms with Crippen LogP contribution in [0.15, 0.2) is 30.5 Å². The van der Waals surface area contributed by atoms with Crippen LogP contribution in [0.1, 0.15) is 37.7 Å². The highest BCUT2D eigenvalue weighted by Gasteiger charge is 2.25. The number of halogens is 2. The molecule has 162 valence electrons. The molecule has 0 bridgehead atoms. The Morgan fingerprint density at radius 2 is 2.00 bits per heavy atom. The number of anilines is 2. The lowest BCUT2D eigenvalue weighted by molar-refractivity contribution is -0.119. The summed E-state index contributed by atoms with van der Waals surface area (Å²) < 4.78 is 28.5. The predicted octanol–water partition coefficient (Wildman–Crippen LogP) is 3.50. The fourth-order valence-electron chi connectivity index (χ4n) is 4.00. The third kappa shape index (κ3) is 4.40. The summed E-state index contributed by atoms with van der Waals surface area (Å²) in [5.74, 6) is 0.470. The molecule has 0 radical (unpaired) electrons. The first kappa shape index (κ1) is 20.9. The number of rotatable bonds is 5. The fraction of sp³-hybridized carbons (Fsp3) is 0.364. The zero-order chi connectivity index (χ0) is 22.1. The van der Waals surface area contributed by atoms with Crippen LogP contribution >= 0.6 is 0 Å². The Hall–Kier alpha value is -3.36. The zero-order valence-electron chi connectivity index (χ0n) is 17.6. The summed E-state index contributed by atoms with van der Waals surface area (Å²) in [5, 5.41) is 6.79. The Balaban J connectivity index is 1.66. The lowest BCUT2D eigenvalue weighted by Crippen LogP contribution is -2.35. The highest BCUT2D eigenvalue weighted by atomic mass is 19.1. The molecule has 2 N–H and O–H groups in total. The van der Waals surface area contributed by atoms with E-state index in [-0.39, 0.29) is 17.5 Å². The maximum absolute atomic E-state index is 14.2. The van der Waals surface area contributed by atoms with Gasteiger partial charge in [-0.25, -0.2) is 23.7 Å². The summed E-state index contributed by atoms with van der Waals surface area (Å²) in [7, 11) is 0. The zero-order valence-corrected chi connectivity index (χ0v) is 17.6. The second-order valence-corrected chi connectivity index (χ2v) is 7.81. The van der Waals surface area contributed by atoms with Gasteiger partial charge in [0.1, 0.15) is 29.1 Å². The van der Waals surface area contributed by atoms with Crippen LogP contribution in [0, 0.1) is 18.6 Å². The van der Waals surface area contributed by atoms with Crippen molar-refractivity contribution in [3.05, 3.63) is 53.5 Å². The minimum absolute atomic E-state index is 0.0427. The number of aromatic nitrogens is 3.